The zero-order valence-electron chi connectivity index (χ0n) is 11.9. The first-order valence-corrected chi connectivity index (χ1v) is 6.94. The zero-order chi connectivity index (χ0) is 15.2. The Bertz CT molecular complexity index is 626. The molecule has 0 spiro atoms. The van der Waals surface area contributed by atoms with Crippen LogP contribution in [0.4, 0.5) is 5.69 Å². The molecule has 0 saturated heterocycles. The third-order valence-corrected chi connectivity index (χ3v) is 3.05. The fourth-order valence-corrected chi connectivity index (χ4v) is 1.85. The first-order chi connectivity index (χ1) is 10.1. The molecular weight excluding hydrogens is 290 g/mol. The van der Waals surface area contributed by atoms with Crippen LogP contribution in [0.25, 0.3) is 0 Å². The van der Waals surface area contributed by atoms with Gasteiger partial charge < -0.3 is 14.8 Å². The highest BCUT2D eigenvalue weighted by Crippen LogP contribution is 2.32. The number of hydrogen-bond acceptors (Lipinski definition) is 3. The molecule has 110 valence electrons. The second-order valence-corrected chi connectivity index (χ2v) is 4.73. The van der Waals surface area contributed by atoms with Crippen molar-refractivity contribution >= 4 is 23.2 Å². The maximum atomic E-state index is 11.2. The van der Waals surface area contributed by atoms with E-state index in [1.165, 1.54) is 0 Å². The number of ether oxygens (including phenoxy) is 2. The Morgan fingerprint density at radius 1 is 1.14 bits per heavy atom. The number of carbonyl (C=O) groups excluding carboxylic acids is 1. The molecule has 21 heavy (non-hydrogen) atoms. The van der Waals surface area contributed by atoms with Crippen LogP contribution in [-0.4, -0.2) is 18.9 Å². The number of anilines is 1. The van der Waals surface area contributed by atoms with Crippen LogP contribution < -0.4 is 14.8 Å². The number of methoxy groups -OCH3 is 1. The Kier molecular flexibility index (Phi) is 5.06. The third-order valence-electron chi connectivity index (χ3n) is 2.81. The van der Waals surface area contributed by atoms with Crippen LogP contribution in [0.1, 0.15) is 5.56 Å². The molecule has 4 nitrogen and oxygen atoms in total. The minimum atomic E-state index is -0.245. The Labute approximate surface area is 128 Å². The summed E-state index contributed by atoms with van der Waals surface area (Å²) in [5, 5.41) is 2.66. The molecular formula is C16H16ClNO3. The summed E-state index contributed by atoms with van der Waals surface area (Å²) in [5.74, 6) is 1.65. The first-order valence-electron chi connectivity index (χ1n) is 6.40. The molecule has 0 aliphatic carbocycles. The molecule has 0 aromatic heterocycles. The summed E-state index contributed by atoms with van der Waals surface area (Å²) in [6, 6.07) is 12.8. The lowest BCUT2D eigenvalue weighted by molar-refractivity contribution is -0.113. The van der Waals surface area contributed by atoms with Gasteiger partial charge in [-0.15, -0.1) is 11.6 Å². The van der Waals surface area contributed by atoms with Crippen molar-refractivity contribution in [3.63, 3.8) is 0 Å². The third kappa shape index (κ3) is 4.13. The van der Waals surface area contributed by atoms with Crippen LogP contribution in [0, 0.1) is 6.92 Å². The molecule has 0 saturated carbocycles. The molecule has 0 radical (unpaired) electrons. The Balaban J connectivity index is 2.11. The SMILES string of the molecule is COc1cc(C)ccc1Oc1ccc(NC(=O)CCl)cc1. The number of carbonyl (C=O) groups is 1. The van der Waals surface area contributed by atoms with Gasteiger partial charge in [-0.1, -0.05) is 6.07 Å². The van der Waals surface area contributed by atoms with Gasteiger partial charge in [-0.25, -0.2) is 0 Å². The molecule has 0 atom stereocenters. The fraction of sp³-hybridized carbons (Fsp3) is 0.188. The van der Waals surface area contributed by atoms with Crippen molar-refractivity contribution in [3.8, 4) is 17.2 Å². The number of amides is 1. The van der Waals surface area contributed by atoms with Crippen LogP contribution in [0.5, 0.6) is 17.2 Å². The Morgan fingerprint density at radius 3 is 2.48 bits per heavy atom. The summed E-state index contributed by atoms with van der Waals surface area (Å²) < 4.78 is 11.1. The molecule has 0 fully saturated rings. The van der Waals surface area contributed by atoms with Gasteiger partial charge in [0.2, 0.25) is 5.91 Å². The van der Waals surface area contributed by atoms with E-state index in [0.717, 1.165) is 5.56 Å². The second kappa shape index (κ2) is 6.99. The Hall–Kier alpha value is -2.20. The van der Waals surface area contributed by atoms with E-state index in [1.54, 1.807) is 31.4 Å². The van der Waals surface area contributed by atoms with Crippen molar-refractivity contribution in [2.75, 3.05) is 18.3 Å². The van der Waals surface area contributed by atoms with Crippen molar-refractivity contribution in [1.29, 1.82) is 0 Å². The molecule has 2 rings (SSSR count). The largest absolute Gasteiger partial charge is 0.493 e. The van der Waals surface area contributed by atoms with Crippen LogP contribution in [0.3, 0.4) is 0 Å². The predicted molar refractivity (Wildman–Crippen MR) is 83.6 cm³/mol. The number of aryl methyl sites for hydroxylation is 1. The summed E-state index contributed by atoms with van der Waals surface area (Å²) in [6.45, 7) is 1.99. The lowest BCUT2D eigenvalue weighted by Crippen LogP contribution is -2.12. The molecule has 0 heterocycles. The highest BCUT2D eigenvalue weighted by molar-refractivity contribution is 6.29. The zero-order valence-corrected chi connectivity index (χ0v) is 12.6. The second-order valence-electron chi connectivity index (χ2n) is 4.46. The van der Waals surface area contributed by atoms with E-state index in [2.05, 4.69) is 5.32 Å². The van der Waals surface area contributed by atoms with Crippen molar-refractivity contribution in [2.45, 2.75) is 6.92 Å². The van der Waals surface area contributed by atoms with Crippen molar-refractivity contribution in [2.24, 2.45) is 0 Å². The van der Waals surface area contributed by atoms with E-state index < -0.39 is 0 Å². The van der Waals surface area contributed by atoms with Crippen LogP contribution in [0.2, 0.25) is 0 Å². The molecule has 2 aromatic rings. The molecule has 0 aliphatic rings. The summed E-state index contributed by atoms with van der Waals surface area (Å²) in [6.07, 6.45) is 0. The molecule has 2 aromatic carbocycles. The lowest BCUT2D eigenvalue weighted by Gasteiger charge is -2.11. The fourth-order valence-electron chi connectivity index (χ4n) is 1.79. The summed E-state index contributed by atoms with van der Waals surface area (Å²) in [7, 11) is 1.60. The number of nitrogens with one attached hydrogen (secondary N) is 1. The predicted octanol–water partition coefficient (Wildman–Crippen LogP) is 3.97. The average molecular weight is 306 g/mol. The minimum absolute atomic E-state index is 0.0706. The van der Waals surface area contributed by atoms with Crippen molar-refractivity contribution in [1.82, 2.24) is 0 Å². The van der Waals surface area contributed by atoms with Gasteiger partial charge in [-0.3, -0.25) is 4.79 Å². The highest BCUT2D eigenvalue weighted by atomic mass is 35.5. The maximum absolute atomic E-state index is 11.2. The van der Waals surface area contributed by atoms with Gasteiger partial charge in [0.1, 0.15) is 11.6 Å². The molecule has 0 bridgehead atoms. The van der Waals surface area contributed by atoms with Crippen LogP contribution >= 0.6 is 11.6 Å². The van der Waals surface area contributed by atoms with E-state index in [4.69, 9.17) is 21.1 Å². The van der Waals surface area contributed by atoms with Gasteiger partial charge >= 0.3 is 0 Å². The van der Waals surface area contributed by atoms with E-state index in [9.17, 15) is 4.79 Å². The smallest absolute Gasteiger partial charge is 0.239 e. The van der Waals surface area contributed by atoms with Crippen LogP contribution in [0.15, 0.2) is 42.5 Å². The topological polar surface area (TPSA) is 47.6 Å². The normalized spacial score (nSPS) is 10.0. The lowest BCUT2D eigenvalue weighted by atomic mass is 10.2. The Morgan fingerprint density at radius 2 is 1.86 bits per heavy atom. The highest BCUT2D eigenvalue weighted by Gasteiger charge is 2.06. The summed E-state index contributed by atoms with van der Waals surface area (Å²) in [4.78, 5) is 11.2. The van der Waals surface area contributed by atoms with E-state index in [1.807, 2.05) is 25.1 Å². The van der Waals surface area contributed by atoms with Crippen molar-refractivity contribution in [3.05, 3.63) is 48.0 Å². The van der Waals surface area contributed by atoms with Crippen molar-refractivity contribution < 1.29 is 14.3 Å². The van der Waals surface area contributed by atoms with Gasteiger partial charge in [0.15, 0.2) is 11.5 Å². The standard InChI is InChI=1S/C16H16ClNO3/c1-11-3-8-14(15(9-11)20-2)21-13-6-4-12(5-7-13)18-16(19)10-17/h3-9H,10H2,1-2H3,(H,18,19). The van der Waals surface area contributed by atoms with Gasteiger partial charge in [-0.05, 0) is 48.9 Å². The first kappa shape index (κ1) is 15.2. The van der Waals surface area contributed by atoms with E-state index in [0.29, 0.717) is 22.9 Å². The van der Waals surface area contributed by atoms with Gasteiger partial charge in [-0.2, -0.15) is 0 Å². The number of alkyl halides is 1. The van der Waals surface area contributed by atoms with Gasteiger partial charge in [0.25, 0.3) is 0 Å². The van der Waals surface area contributed by atoms with Gasteiger partial charge in [0.05, 0.1) is 7.11 Å². The molecule has 0 aliphatic heterocycles. The average Bonchev–Trinajstić information content (AvgIpc) is 2.50. The molecule has 5 heteroatoms. The molecule has 1 N–H and O–H groups in total. The number of hydrogen-bond donors (Lipinski definition) is 1. The number of benzene rings is 2. The minimum Gasteiger partial charge on any atom is -0.493 e. The molecule has 1 amide bonds. The number of halogens is 1. The van der Waals surface area contributed by atoms with Gasteiger partial charge in [0, 0.05) is 5.69 Å². The monoisotopic (exact) mass is 305 g/mol. The summed E-state index contributed by atoms with van der Waals surface area (Å²) >= 11 is 5.44. The molecule has 0 unspecified atom stereocenters. The number of rotatable bonds is 5. The van der Waals surface area contributed by atoms with E-state index >= 15 is 0 Å². The quantitative estimate of drug-likeness (QED) is 0.850. The van der Waals surface area contributed by atoms with Crippen LogP contribution in [-0.2, 0) is 4.79 Å². The summed E-state index contributed by atoms with van der Waals surface area (Å²) in [5.41, 5.74) is 1.77. The maximum Gasteiger partial charge on any atom is 0.239 e. The van der Waals surface area contributed by atoms with E-state index in [-0.39, 0.29) is 11.8 Å².